The van der Waals surface area contributed by atoms with Gasteiger partial charge in [0, 0.05) is 5.56 Å². The molecule has 0 atom stereocenters. The van der Waals surface area contributed by atoms with Gasteiger partial charge in [0.25, 0.3) is 0 Å². The van der Waals surface area contributed by atoms with Crippen LogP contribution in [-0.4, -0.2) is 18.8 Å². The summed E-state index contributed by atoms with van der Waals surface area (Å²) in [5.41, 5.74) is 0.250. The largest absolute Gasteiger partial charge is 0.573 e. The first-order valence-corrected chi connectivity index (χ1v) is 6.01. The van der Waals surface area contributed by atoms with Crippen LogP contribution in [0, 0.1) is 0 Å². The van der Waals surface area contributed by atoms with Gasteiger partial charge in [-0.25, -0.2) is 0 Å². The molecule has 110 valence electrons. The van der Waals surface area contributed by atoms with Gasteiger partial charge < -0.3 is 9.47 Å². The highest BCUT2D eigenvalue weighted by atomic mass is 19.4. The molecule has 0 saturated heterocycles. The summed E-state index contributed by atoms with van der Waals surface area (Å²) < 4.78 is 45.0. The van der Waals surface area contributed by atoms with E-state index in [-0.39, 0.29) is 23.7 Å². The third kappa shape index (κ3) is 4.83. The molecule has 0 aliphatic carbocycles. The lowest BCUT2D eigenvalue weighted by Crippen LogP contribution is -2.17. The number of hydrogen-bond acceptors (Lipinski definition) is 3. The van der Waals surface area contributed by atoms with Gasteiger partial charge >= 0.3 is 6.36 Å². The second kappa shape index (κ2) is 6.30. The van der Waals surface area contributed by atoms with Crippen LogP contribution in [0.4, 0.5) is 13.2 Å². The summed E-state index contributed by atoms with van der Waals surface area (Å²) in [6.45, 7) is -0.191. The van der Waals surface area contributed by atoms with Crippen molar-refractivity contribution in [3.05, 3.63) is 60.2 Å². The number of Topliss-reactive ketones (excluding diaryl/α,β-unsaturated/α-hetero) is 1. The van der Waals surface area contributed by atoms with Crippen LogP contribution in [-0.2, 0) is 0 Å². The Balaban J connectivity index is 1.94. The Labute approximate surface area is 118 Å². The fourth-order valence-corrected chi connectivity index (χ4v) is 1.59. The van der Waals surface area contributed by atoms with Crippen LogP contribution in [0.1, 0.15) is 10.4 Å². The van der Waals surface area contributed by atoms with Crippen molar-refractivity contribution in [2.24, 2.45) is 0 Å². The number of hydrogen-bond donors (Lipinski definition) is 0. The molecule has 0 aliphatic heterocycles. The average Bonchev–Trinajstić information content (AvgIpc) is 2.45. The van der Waals surface area contributed by atoms with Crippen molar-refractivity contribution < 1.29 is 27.4 Å². The number of rotatable bonds is 5. The van der Waals surface area contributed by atoms with E-state index in [0.29, 0.717) is 5.75 Å². The smallest absolute Gasteiger partial charge is 0.485 e. The lowest BCUT2D eigenvalue weighted by Gasteiger charge is -2.09. The first-order valence-electron chi connectivity index (χ1n) is 6.01. The molecule has 0 heterocycles. The lowest BCUT2D eigenvalue weighted by atomic mass is 10.1. The second-order valence-electron chi connectivity index (χ2n) is 4.10. The molecular weight excluding hydrogens is 285 g/mol. The van der Waals surface area contributed by atoms with Crippen molar-refractivity contribution >= 4 is 5.78 Å². The zero-order valence-corrected chi connectivity index (χ0v) is 10.8. The fraction of sp³-hybridized carbons (Fsp3) is 0.133. The van der Waals surface area contributed by atoms with Crippen molar-refractivity contribution in [2.75, 3.05) is 6.61 Å². The third-order valence-electron chi connectivity index (χ3n) is 2.52. The molecule has 2 aromatic rings. The topological polar surface area (TPSA) is 35.5 Å². The summed E-state index contributed by atoms with van der Waals surface area (Å²) in [7, 11) is 0. The number of alkyl halides is 3. The molecule has 0 bridgehead atoms. The molecule has 2 rings (SSSR count). The number of halogens is 3. The molecule has 3 nitrogen and oxygen atoms in total. The highest BCUT2D eigenvalue weighted by Gasteiger charge is 2.31. The van der Waals surface area contributed by atoms with E-state index >= 15 is 0 Å². The number of benzene rings is 2. The summed E-state index contributed by atoms with van der Waals surface area (Å²) in [5.74, 6) is -0.164. The molecule has 0 unspecified atom stereocenters. The highest BCUT2D eigenvalue weighted by molar-refractivity contribution is 5.97. The number of para-hydroxylation sites is 1. The van der Waals surface area contributed by atoms with E-state index in [4.69, 9.17) is 4.74 Å². The van der Waals surface area contributed by atoms with Gasteiger partial charge in [-0.2, -0.15) is 0 Å². The van der Waals surface area contributed by atoms with Crippen molar-refractivity contribution in [3.8, 4) is 11.5 Å². The van der Waals surface area contributed by atoms with E-state index in [1.807, 2.05) is 6.07 Å². The van der Waals surface area contributed by atoms with Crippen molar-refractivity contribution in [1.82, 2.24) is 0 Å². The van der Waals surface area contributed by atoms with Gasteiger partial charge in [-0.15, -0.1) is 13.2 Å². The Morgan fingerprint density at radius 2 is 1.52 bits per heavy atom. The number of carbonyl (C=O) groups is 1. The van der Waals surface area contributed by atoms with Gasteiger partial charge in [0.2, 0.25) is 0 Å². The van der Waals surface area contributed by atoms with Crippen molar-refractivity contribution in [2.45, 2.75) is 6.36 Å². The van der Waals surface area contributed by atoms with Crippen LogP contribution in [0.25, 0.3) is 0 Å². The van der Waals surface area contributed by atoms with Gasteiger partial charge in [-0.3, -0.25) is 4.79 Å². The molecule has 0 radical (unpaired) electrons. The molecule has 21 heavy (non-hydrogen) atoms. The molecule has 0 N–H and O–H groups in total. The normalized spacial score (nSPS) is 11.0. The molecule has 0 aliphatic rings. The predicted octanol–water partition coefficient (Wildman–Crippen LogP) is 3.85. The fourth-order valence-electron chi connectivity index (χ4n) is 1.59. The molecule has 0 amide bonds. The lowest BCUT2D eigenvalue weighted by molar-refractivity contribution is -0.274. The maximum absolute atomic E-state index is 12.0. The first kappa shape index (κ1) is 14.9. The molecule has 0 aromatic heterocycles. The third-order valence-corrected chi connectivity index (χ3v) is 2.52. The Morgan fingerprint density at radius 1 is 0.905 bits per heavy atom. The Kier molecular flexibility index (Phi) is 4.47. The molecule has 6 heteroatoms. The van der Waals surface area contributed by atoms with Crippen LogP contribution >= 0.6 is 0 Å². The zero-order chi connectivity index (χ0) is 15.3. The monoisotopic (exact) mass is 296 g/mol. The van der Waals surface area contributed by atoms with Gasteiger partial charge in [0.15, 0.2) is 12.4 Å². The van der Waals surface area contributed by atoms with E-state index < -0.39 is 6.36 Å². The Morgan fingerprint density at radius 3 is 2.10 bits per heavy atom. The van der Waals surface area contributed by atoms with Gasteiger partial charge in [0.1, 0.15) is 11.5 Å². The molecule has 0 fully saturated rings. The Hall–Kier alpha value is -2.50. The van der Waals surface area contributed by atoms with Gasteiger partial charge in [-0.1, -0.05) is 18.2 Å². The van der Waals surface area contributed by atoms with Crippen LogP contribution in [0.2, 0.25) is 0 Å². The summed E-state index contributed by atoms with van der Waals surface area (Å²) in [4.78, 5) is 11.8. The quantitative estimate of drug-likeness (QED) is 0.786. The minimum absolute atomic E-state index is 0.191. The SMILES string of the molecule is O=C(COc1ccccc1)c1ccc(OC(F)(F)F)cc1. The summed E-state index contributed by atoms with van der Waals surface area (Å²) >= 11 is 0. The second-order valence-corrected chi connectivity index (χ2v) is 4.10. The number of carbonyl (C=O) groups excluding carboxylic acids is 1. The van der Waals surface area contributed by atoms with Crippen molar-refractivity contribution in [1.29, 1.82) is 0 Å². The summed E-state index contributed by atoms with van der Waals surface area (Å²) in [6.07, 6.45) is -4.75. The molecule has 2 aromatic carbocycles. The summed E-state index contributed by atoms with van der Waals surface area (Å²) in [6, 6.07) is 13.4. The van der Waals surface area contributed by atoms with Crippen molar-refractivity contribution in [3.63, 3.8) is 0 Å². The standard InChI is InChI=1S/C15H11F3O3/c16-15(17,18)21-13-8-6-11(7-9-13)14(19)10-20-12-4-2-1-3-5-12/h1-9H,10H2. The van der Waals surface area contributed by atoms with Crippen LogP contribution in [0.5, 0.6) is 11.5 Å². The molecular formula is C15H11F3O3. The average molecular weight is 296 g/mol. The van der Waals surface area contributed by atoms with Gasteiger partial charge in [0.05, 0.1) is 0 Å². The van der Waals surface area contributed by atoms with Gasteiger partial charge in [-0.05, 0) is 36.4 Å². The number of ketones is 1. The van der Waals surface area contributed by atoms with E-state index in [0.717, 1.165) is 12.1 Å². The number of ether oxygens (including phenoxy) is 2. The maximum Gasteiger partial charge on any atom is 0.573 e. The predicted molar refractivity (Wildman–Crippen MR) is 69.4 cm³/mol. The van der Waals surface area contributed by atoms with Crippen LogP contribution in [0.15, 0.2) is 54.6 Å². The minimum atomic E-state index is -4.75. The van der Waals surface area contributed by atoms with Crippen LogP contribution in [0.3, 0.4) is 0 Å². The molecule has 0 saturated carbocycles. The maximum atomic E-state index is 12.0. The van der Waals surface area contributed by atoms with E-state index in [1.165, 1.54) is 12.1 Å². The minimum Gasteiger partial charge on any atom is -0.485 e. The first-order chi connectivity index (χ1) is 9.94. The van der Waals surface area contributed by atoms with E-state index in [2.05, 4.69) is 4.74 Å². The Bertz CT molecular complexity index is 592. The van der Waals surface area contributed by atoms with E-state index in [1.54, 1.807) is 24.3 Å². The van der Waals surface area contributed by atoms with Crippen LogP contribution < -0.4 is 9.47 Å². The zero-order valence-electron chi connectivity index (χ0n) is 10.8. The van der Waals surface area contributed by atoms with E-state index in [9.17, 15) is 18.0 Å². The molecule has 0 spiro atoms. The summed E-state index contributed by atoms with van der Waals surface area (Å²) in [5, 5.41) is 0. The highest BCUT2D eigenvalue weighted by Crippen LogP contribution is 2.22.